The van der Waals surface area contributed by atoms with Crippen molar-refractivity contribution in [2.75, 3.05) is 6.61 Å². The SMILES string of the molecule is CC(C)(C)[C@H]1OC[C@@](C)(C(=O)O)N1C(=O)O. The molecule has 6 heteroatoms. The third kappa shape index (κ3) is 1.84. The highest BCUT2D eigenvalue weighted by Crippen LogP contribution is 2.37. The second-order valence-corrected chi connectivity index (χ2v) is 5.26. The molecule has 0 radical (unpaired) electrons. The number of carboxylic acid groups (broad SMARTS) is 2. The van der Waals surface area contributed by atoms with E-state index in [4.69, 9.17) is 14.9 Å². The smallest absolute Gasteiger partial charge is 0.410 e. The summed E-state index contributed by atoms with van der Waals surface area (Å²) in [7, 11) is 0. The molecule has 0 aromatic carbocycles. The molecule has 0 aliphatic carbocycles. The number of ether oxygens (including phenoxy) is 1. The van der Waals surface area contributed by atoms with Crippen molar-refractivity contribution in [1.29, 1.82) is 0 Å². The van der Waals surface area contributed by atoms with E-state index < -0.39 is 29.2 Å². The quantitative estimate of drug-likeness (QED) is 0.708. The van der Waals surface area contributed by atoms with Gasteiger partial charge in [-0.05, 0) is 6.92 Å². The van der Waals surface area contributed by atoms with Crippen LogP contribution in [0, 0.1) is 5.41 Å². The Morgan fingerprint density at radius 3 is 2.19 bits per heavy atom. The predicted octanol–water partition coefficient (Wildman–Crippen LogP) is 1.21. The van der Waals surface area contributed by atoms with Crippen LogP contribution in [0.15, 0.2) is 0 Å². The molecule has 1 rings (SSSR count). The lowest BCUT2D eigenvalue weighted by molar-refractivity contribution is -0.148. The molecule has 2 N–H and O–H groups in total. The number of rotatable bonds is 1. The molecule has 1 fully saturated rings. The summed E-state index contributed by atoms with van der Waals surface area (Å²) in [5.74, 6) is -1.19. The number of aliphatic carboxylic acids is 1. The van der Waals surface area contributed by atoms with Gasteiger partial charge in [0.2, 0.25) is 0 Å². The first-order valence-corrected chi connectivity index (χ1v) is 4.98. The van der Waals surface area contributed by atoms with Crippen LogP contribution in [-0.2, 0) is 9.53 Å². The van der Waals surface area contributed by atoms with Crippen LogP contribution in [0.1, 0.15) is 27.7 Å². The molecule has 0 aromatic heterocycles. The summed E-state index contributed by atoms with van der Waals surface area (Å²) >= 11 is 0. The molecule has 92 valence electrons. The first kappa shape index (κ1) is 12.8. The van der Waals surface area contributed by atoms with Crippen LogP contribution in [0.2, 0.25) is 0 Å². The molecular formula is C10H17NO5. The molecule has 0 unspecified atom stereocenters. The summed E-state index contributed by atoms with van der Waals surface area (Å²) in [4.78, 5) is 23.2. The van der Waals surface area contributed by atoms with Crippen molar-refractivity contribution in [3.63, 3.8) is 0 Å². The molecule has 1 heterocycles. The van der Waals surface area contributed by atoms with Crippen LogP contribution in [0.4, 0.5) is 4.79 Å². The maximum atomic E-state index is 11.2. The Labute approximate surface area is 93.8 Å². The second-order valence-electron chi connectivity index (χ2n) is 5.26. The van der Waals surface area contributed by atoms with E-state index in [2.05, 4.69) is 0 Å². The lowest BCUT2D eigenvalue weighted by atomic mass is 9.92. The first-order chi connectivity index (χ1) is 7.10. The Balaban J connectivity index is 3.13. The number of carbonyl (C=O) groups is 2. The van der Waals surface area contributed by atoms with E-state index in [1.54, 1.807) is 20.8 Å². The lowest BCUT2D eigenvalue weighted by Gasteiger charge is -2.36. The minimum Gasteiger partial charge on any atom is -0.479 e. The van der Waals surface area contributed by atoms with Gasteiger partial charge in [0.15, 0.2) is 5.54 Å². The molecule has 0 saturated carbocycles. The molecular weight excluding hydrogens is 214 g/mol. The van der Waals surface area contributed by atoms with Crippen LogP contribution in [-0.4, -0.2) is 45.5 Å². The van der Waals surface area contributed by atoms with Gasteiger partial charge in [-0.2, -0.15) is 0 Å². The molecule has 6 nitrogen and oxygen atoms in total. The molecule has 1 amide bonds. The third-order valence-electron chi connectivity index (χ3n) is 2.70. The van der Waals surface area contributed by atoms with E-state index in [9.17, 15) is 9.59 Å². The van der Waals surface area contributed by atoms with Gasteiger partial charge >= 0.3 is 12.1 Å². The van der Waals surface area contributed by atoms with Gasteiger partial charge in [0.05, 0.1) is 6.61 Å². The number of nitrogens with zero attached hydrogens (tertiary/aromatic N) is 1. The summed E-state index contributed by atoms with van der Waals surface area (Å²) in [6.07, 6.45) is -2.02. The van der Waals surface area contributed by atoms with Gasteiger partial charge in [-0.15, -0.1) is 0 Å². The Kier molecular flexibility index (Phi) is 2.89. The Morgan fingerprint density at radius 2 is 1.88 bits per heavy atom. The molecule has 1 saturated heterocycles. The number of amides is 1. The molecule has 0 spiro atoms. The topological polar surface area (TPSA) is 87.1 Å². The normalized spacial score (nSPS) is 30.5. The lowest BCUT2D eigenvalue weighted by Crippen LogP contribution is -2.57. The second kappa shape index (κ2) is 3.62. The summed E-state index contributed by atoms with van der Waals surface area (Å²) in [5.41, 5.74) is -1.98. The Morgan fingerprint density at radius 1 is 1.38 bits per heavy atom. The van der Waals surface area contributed by atoms with Crippen LogP contribution in [0.3, 0.4) is 0 Å². The van der Waals surface area contributed by atoms with Crippen molar-refractivity contribution < 1.29 is 24.5 Å². The summed E-state index contributed by atoms with van der Waals surface area (Å²) in [5, 5.41) is 18.2. The predicted molar refractivity (Wildman–Crippen MR) is 55.1 cm³/mol. The summed E-state index contributed by atoms with van der Waals surface area (Å²) < 4.78 is 5.33. The van der Waals surface area contributed by atoms with Crippen LogP contribution >= 0.6 is 0 Å². The van der Waals surface area contributed by atoms with Crippen molar-refractivity contribution in [2.24, 2.45) is 5.41 Å². The Bertz CT molecular complexity index is 322. The van der Waals surface area contributed by atoms with E-state index >= 15 is 0 Å². The van der Waals surface area contributed by atoms with Crippen LogP contribution < -0.4 is 0 Å². The van der Waals surface area contributed by atoms with Crippen molar-refractivity contribution in [3.8, 4) is 0 Å². The highest BCUT2D eigenvalue weighted by Gasteiger charge is 2.55. The zero-order chi connectivity index (χ0) is 12.7. The van der Waals surface area contributed by atoms with Gasteiger partial charge in [-0.1, -0.05) is 20.8 Å². The maximum Gasteiger partial charge on any atom is 0.410 e. The number of carboxylic acids is 1. The number of hydrogen-bond donors (Lipinski definition) is 2. The number of hydrogen-bond acceptors (Lipinski definition) is 3. The minimum atomic E-state index is -1.51. The molecule has 1 aliphatic rings. The average molecular weight is 231 g/mol. The van der Waals surface area contributed by atoms with Gasteiger partial charge < -0.3 is 14.9 Å². The molecule has 1 aliphatic heterocycles. The van der Waals surface area contributed by atoms with Gasteiger partial charge in [0, 0.05) is 5.41 Å². The fraction of sp³-hybridized carbons (Fsp3) is 0.800. The summed E-state index contributed by atoms with van der Waals surface area (Å²) in [6.45, 7) is 6.65. The van der Waals surface area contributed by atoms with E-state index in [-0.39, 0.29) is 6.61 Å². The zero-order valence-corrected chi connectivity index (χ0v) is 9.85. The third-order valence-corrected chi connectivity index (χ3v) is 2.70. The molecule has 0 bridgehead atoms. The van der Waals surface area contributed by atoms with Gasteiger partial charge in [0.1, 0.15) is 6.23 Å². The largest absolute Gasteiger partial charge is 0.479 e. The van der Waals surface area contributed by atoms with E-state index in [1.165, 1.54) is 6.92 Å². The van der Waals surface area contributed by atoms with E-state index in [1.807, 2.05) is 0 Å². The van der Waals surface area contributed by atoms with Crippen LogP contribution in [0.5, 0.6) is 0 Å². The molecule has 2 atom stereocenters. The van der Waals surface area contributed by atoms with Gasteiger partial charge in [0.25, 0.3) is 0 Å². The average Bonchev–Trinajstić information content (AvgIpc) is 2.43. The van der Waals surface area contributed by atoms with Gasteiger partial charge in [-0.25, -0.2) is 9.59 Å². The maximum absolute atomic E-state index is 11.2. The molecule has 0 aromatic rings. The van der Waals surface area contributed by atoms with Crippen molar-refractivity contribution >= 4 is 12.1 Å². The highest BCUT2D eigenvalue weighted by atomic mass is 16.5. The monoisotopic (exact) mass is 231 g/mol. The highest BCUT2D eigenvalue weighted by molar-refractivity contribution is 5.84. The Hall–Kier alpha value is -1.30. The van der Waals surface area contributed by atoms with Crippen molar-refractivity contribution in [3.05, 3.63) is 0 Å². The van der Waals surface area contributed by atoms with Crippen molar-refractivity contribution in [2.45, 2.75) is 39.5 Å². The van der Waals surface area contributed by atoms with Gasteiger partial charge in [-0.3, -0.25) is 4.90 Å². The van der Waals surface area contributed by atoms with E-state index in [0.717, 1.165) is 4.90 Å². The van der Waals surface area contributed by atoms with Crippen molar-refractivity contribution in [1.82, 2.24) is 4.90 Å². The first-order valence-electron chi connectivity index (χ1n) is 4.98. The molecule has 16 heavy (non-hydrogen) atoms. The fourth-order valence-electron chi connectivity index (χ4n) is 1.76. The zero-order valence-electron chi connectivity index (χ0n) is 9.85. The standard InChI is InChI=1S/C10H17NO5/c1-9(2,3)6-11(8(14)15)10(4,5-16-6)7(12)13/h6H,5H2,1-4H3,(H,12,13)(H,14,15)/t6-,10+/m1/s1. The minimum absolute atomic E-state index is 0.128. The summed E-state index contributed by atoms with van der Waals surface area (Å²) in [6, 6.07) is 0. The van der Waals surface area contributed by atoms with E-state index in [0.29, 0.717) is 0 Å². The van der Waals surface area contributed by atoms with Crippen LogP contribution in [0.25, 0.3) is 0 Å². The fourth-order valence-corrected chi connectivity index (χ4v) is 1.76.